The molecule has 0 spiro atoms. The average Bonchev–Trinajstić information content (AvgIpc) is 2.29. The Morgan fingerprint density at radius 2 is 1.85 bits per heavy atom. The maximum absolute atomic E-state index is 11.4. The Labute approximate surface area is 132 Å². The Morgan fingerprint density at radius 3 is 2.15 bits per heavy atom. The van der Waals surface area contributed by atoms with Crippen molar-refractivity contribution in [2.45, 2.75) is 25.8 Å². The Kier molecular flexibility index (Phi) is 9.59. The van der Waals surface area contributed by atoms with Gasteiger partial charge in [0.15, 0.2) is 0 Å². The molecule has 108 valence electrons. The van der Waals surface area contributed by atoms with Crippen LogP contribution in [0.5, 0.6) is 0 Å². The number of hydrogen-bond acceptors (Lipinski definition) is 3. The molecule has 0 aromatic rings. The molecule has 20 heavy (non-hydrogen) atoms. The van der Waals surface area contributed by atoms with E-state index in [0.717, 1.165) is 6.42 Å². The van der Waals surface area contributed by atoms with Gasteiger partial charge in [0.2, 0.25) is 0 Å². The summed E-state index contributed by atoms with van der Waals surface area (Å²) in [6, 6.07) is 0. The molecule has 0 bridgehead atoms. The molecule has 2 atom stereocenters. The van der Waals surface area contributed by atoms with Gasteiger partial charge in [-0.2, -0.15) is 6.42 Å². The number of allylic oxidation sites excluding steroid dienone is 2. The summed E-state index contributed by atoms with van der Waals surface area (Å²) in [7, 11) is 3.25. The molecular formula is C14H22LiNO4. The van der Waals surface area contributed by atoms with Crippen molar-refractivity contribution in [3.8, 4) is 0 Å². The van der Waals surface area contributed by atoms with E-state index >= 15 is 0 Å². The Hall–Kier alpha value is -1.02. The molecule has 6 heteroatoms. The molecule has 0 aliphatic heterocycles. The number of aliphatic carboxylic acids is 2. The maximum Gasteiger partial charge on any atom is 1.00 e. The van der Waals surface area contributed by atoms with Crippen LogP contribution in [-0.4, -0.2) is 46.7 Å². The summed E-state index contributed by atoms with van der Waals surface area (Å²) in [6.07, 6.45) is 5.45. The van der Waals surface area contributed by atoms with Crippen molar-refractivity contribution in [3.05, 3.63) is 30.7 Å². The third-order valence-corrected chi connectivity index (χ3v) is 3.08. The molecule has 1 aliphatic carbocycles. The predicted molar refractivity (Wildman–Crippen MR) is 73.7 cm³/mol. The molecule has 0 heterocycles. The summed E-state index contributed by atoms with van der Waals surface area (Å²) in [4.78, 5) is 23.9. The molecule has 2 unspecified atom stereocenters. The number of carboxylic acids is 2. The van der Waals surface area contributed by atoms with Crippen LogP contribution in [0.15, 0.2) is 23.8 Å². The first kappa shape index (κ1) is 21.3. The van der Waals surface area contributed by atoms with Gasteiger partial charge < -0.3 is 17.1 Å². The van der Waals surface area contributed by atoms with Crippen LogP contribution < -0.4 is 18.9 Å². The van der Waals surface area contributed by atoms with Crippen molar-refractivity contribution >= 4 is 11.9 Å². The summed E-state index contributed by atoms with van der Waals surface area (Å²) in [6.45, 7) is 7.11. The van der Waals surface area contributed by atoms with Crippen molar-refractivity contribution in [3.63, 3.8) is 0 Å². The molecule has 1 rings (SSSR count). The number of carboxylic acid groups (broad SMARTS) is 2. The van der Waals surface area contributed by atoms with E-state index in [9.17, 15) is 14.7 Å². The first-order valence-corrected chi connectivity index (χ1v) is 6.08. The summed E-state index contributed by atoms with van der Waals surface area (Å²) in [5.74, 6) is -2.74. The zero-order valence-corrected chi connectivity index (χ0v) is 12.9. The second-order valence-corrected chi connectivity index (χ2v) is 4.53. The molecule has 2 N–H and O–H groups in total. The van der Waals surface area contributed by atoms with E-state index < -0.39 is 23.4 Å². The topological polar surface area (TPSA) is 77.8 Å². The van der Waals surface area contributed by atoms with Gasteiger partial charge in [0.25, 0.3) is 0 Å². The quantitative estimate of drug-likeness (QED) is 0.501. The Balaban J connectivity index is 0. The first-order chi connectivity index (χ1) is 8.75. The van der Waals surface area contributed by atoms with Crippen LogP contribution in [0.1, 0.15) is 20.3 Å². The number of carbonyl (C=O) groups is 2. The van der Waals surface area contributed by atoms with E-state index in [4.69, 9.17) is 5.11 Å². The molecule has 0 fully saturated rings. The maximum atomic E-state index is 11.4. The SMILES string of the molecule is CC1C(C(=O)O)=CC=CC1(C(=O)O)N(C)C.[CH2-]CC.[Li+]. The smallest absolute Gasteiger partial charge is 0.480 e. The second-order valence-electron chi connectivity index (χ2n) is 4.53. The minimum absolute atomic E-state index is 0. The van der Waals surface area contributed by atoms with Crippen LogP contribution in [0.25, 0.3) is 0 Å². The largest absolute Gasteiger partial charge is 1.00 e. The molecule has 0 saturated carbocycles. The van der Waals surface area contributed by atoms with Crippen molar-refractivity contribution in [2.24, 2.45) is 5.92 Å². The van der Waals surface area contributed by atoms with Gasteiger partial charge in [0.1, 0.15) is 5.54 Å². The molecule has 0 aromatic carbocycles. The van der Waals surface area contributed by atoms with E-state index in [1.165, 1.54) is 23.1 Å². The van der Waals surface area contributed by atoms with Crippen molar-refractivity contribution in [1.29, 1.82) is 0 Å². The molecule has 0 radical (unpaired) electrons. The zero-order chi connectivity index (χ0) is 15.2. The molecule has 5 nitrogen and oxygen atoms in total. The second kappa shape index (κ2) is 9.01. The third-order valence-electron chi connectivity index (χ3n) is 3.08. The van der Waals surface area contributed by atoms with E-state index in [2.05, 4.69) is 6.92 Å². The summed E-state index contributed by atoms with van der Waals surface area (Å²) in [5.41, 5.74) is -1.18. The van der Waals surface area contributed by atoms with Gasteiger partial charge in [0, 0.05) is 11.5 Å². The number of likely N-dealkylation sites (N-methyl/N-ethyl adjacent to an activating group) is 1. The van der Waals surface area contributed by atoms with Crippen LogP contribution in [0.4, 0.5) is 0 Å². The zero-order valence-electron chi connectivity index (χ0n) is 12.9. The fourth-order valence-corrected chi connectivity index (χ4v) is 2.06. The van der Waals surface area contributed by atoms with E-state index in [0.29, 0.717) is 0 Å². The van der Waals surface area contributed by atoms with Crippen molar-refractivity contribution in [2.75, 3.05) is 14.1 Å². The number of hydrogen-bond donors (Lipinski definition) is 2. The van der Waals surface area contributed by atoms with Crippen LogP contribution in [0.3, 0.4) is 0 Å². The van der Waals surface area contributed by atoms with Crippen LogP contribution >= 0.6 is 0 Å². The third kappa shape index (κ3) is 4.24. The fourth-order valence-electron chi connectivity index (χ4n) is 2.06. The van der Waals surface area contributed by atoms with Gasteiger partial charge in [-0.3, -0.25) is 4.90 Å². The number of rotatable bonds is 3. The van der Waals surface area contributed by atoms with Gasteiger partial charge in [0.05, 0.1) is 0 Å². The first-order valence-electron chi connectivity index (χ1n) is 6.08. The average molecular weight is 275 g/mol. The van der Waals surface area contributed by atoms with Gasteiger partial charge in [-0.05, 0) is 14.1 Å². The molecule has 0 amide bonds. The fraction of sp³-hybridized carbons (Fsp3) is 0.500. The van der Waals surface area contributed by atoms with Crippen LogP contribution in [0.2, 0.25) is 0 Å². The Bertz CT molecular complexity index is 404. The monoisotopic (exact) mass is 275 g/mol. The Morgan fingerprint density at radius 1 is 1.40 bits per heavy atom. The normalized spacial score (nSPS) is 24.1. The van der Waals surface area contributed by atoms with Gasteiger partial charge in [-0.1, -0.05) is 32.1 Å². The van der Waals surface area contributed by atoms with Gasteiger partial charge >= 0.3 is 30.8 Å². The molecule has 0 saturated heterocycles. The number of nitrogens with zero attached hydrogens (tertiary/aromatic N) is 1. The van der Waals surface area contributed by atoms with Gasteiger partial charge in [-0.25, -0.2) is 9.59 Å². The molecular weight excluding hydrogens is 253 g/mol. The van der Waals surface area contributed by atoms with Crippen LogP contribution in [-0.2, 0) is 9.59 Å². The van der Waals surface area contributed by atoms with E-state index in [-0.39, 0.29) is 24.4 Å². The predicted octanol–water partition coefficient (Wildman–Crippen LogP) is -1.18. The standard InChI is InChI=1S/C11H15NO4.C3H7.Li/c1-7-8(9(13)14)5-4-6-11(7,10(15)16)12(2)3;1-3-2;/h4-7H,1-3H3,(H,13,14)(H,15,16);1,3H2,2H3;/q;-1;+1. The van der Waals surface area contributed by atoms with Crippen molar-refractivity contribution in [1.82, 2.24) is 4.90 Å². The minimum atomic E-state index is -1.29. The molecule has 1 aliphatic rings. The van der Waals surface area contributed by atoms with E-state index in [1.807, 2.05) is 6.92 Å². The summed E-state index contributed by atoms with van der Waals surface area (Å²) in [5, 5.41) is 18.3. The van der Waals surface area contributed by atoms with Crippen molar-refractivity contribution < 1.29 is 38.7 Å². The van der Waals surface area contributed by atoms with E-state index in [1.54, 1.807) is 21.0 Å². The minimum Gasteiger partial charge on any atom is -0.480 e. The summed E-state index contributed by atoms with van der Waals surface area (Å²) >= 11 is 0. The van der Waals surface area contributed by atoms with Crippen LogP contribution in [0, 0.1) is 12.8 Å². The molecule has 0 aromatic heterocycles. The summed E-state index contributed by atoms with van der Waals surface area (Å²) < 4.78 is 0. The van der Waals surface area contributed by atoms with Gasteiger partial charge in [-0.15, -0.1) is 0 Å².